The van der Waals surface area contributed by atoms with Gasteiger partial charge in [-0.3, -0.25) is 4.90 Å². The van der Waals surface area contributed by atoms with Gasteiger partial charge in [-0.2, -0.15) is 0 Å². The van der Waals surface area contributed by atoms with Crippen molar-refractivity contribution < 1.29 is 14.6 Å². The molecule has 1 aliphatic heterocycles. The second-order valence-electron chi connectivity index (χ2n) is 5.03. The van der Waals surface area contributed by atoms with Crippen molar-refractivity contribution in [3.05, 3.63) is 17.8 Å². The Kier molecular flexibility index (Phi) is 5.35. The lowest BCUT2D eigenvalue weighted by Crippen LogP contribution is -2.32. The molecule has 1 saturated heterocycles. The molecule has 1 aromatic rings. The fourth-order valence-corrected chi connectivity index (χ4v) is 2.48. The molecule has 0 radical (unpaired) electrons. The standard InChI is InChI=1S/C14H22N4O3/c1-21-14(20)11-9-13(16-10-12(11)15)18-4-2-3-17(5-6-18)7-8-19/h9-10,19H,2-8,15H2,1H3. The Hall–Kier alpha value is -1.86. The Labute approximate surface area is 124 Å². The van der Waals surface area contributed by atoms with Gasteiger partial charge in [0, 0.05) is 26.2 Å². The normalized spacial score (nSPS) is 16.6. The molecule has 0 aromatic carbocycles. The number of hydrogen-bond acceptors (Lipinski definition) is 7. The summed E-state index contributed by atoms with van der Waals surface area (Å²) in [6.45, 7) is 4.34. The largest absolute Gasteiger partial charge is 0.465 e. The molecule has 2 heterocycles. The first-order chi connectivity index (χ1) is 10.2. The van der Waals surface area contributed by atoms with Gasteiger partial charge in [0.1, 0.15) is 5.82 Å². The highest BCUT2D eigenvalue weighted by molar-refractivity contribution is 5.95. The number of β-amino-alcohol motifs (C(OH)–C–C–N with tert-alkyl or cyclic N) is 1. The number of nitrogens with two attached hydrogens (primary N) is 1. The number of anilines is 2. The number of carbonyl (C=O) groups excluding carboxylic acids is 1. The highest BCUT2D eigenvalue weighted by Gasteiger charge is 2.18. The number of rotatable bonds is 4. The van der Waals surface area contributed by atoms with E-state index in [0.717, 1.165) is 38.4 Å². The average molecular weight is 294 g/mol. The lowest BCUT2D eigenvalue weighted by Gasteiger charge is -2.23. The van der Waals surface area contributed by atoms with Crippen molar-refractivity contribution in [3.63, 3.8) is 0 Å². The lowest BCUT2D eigenvalue weighted by molar-refractivity contribution is 0.0602. The number of carbonyl (C=O) groups is 1. The molecule has 0 aliphatic carbocycles. The van der Waals surface area contributed by atoms with Gasteiger partial charge in [0.15, 0.2) is 0 Å². The molecule has 7 nitrogen and oxygen atoms in total. The molecule has 3 N–H and O–H groups in total. The Morgan fingerprint density at radius 3 is 2.95 bits per heavy atom. The highest BCUT2D eigenvalue weighted by Crippen LogP contribution is 2.20. The van der Waals surface area contributed by atoms with Crippen LogP contribution in [0.25, 0.3) is 0 Å². The van der Waals surface area contributed by atoms with Gasteiger partial charge < -0.3 is 20.5 Å². The van der Waals surface area contributed by atoms with Crippen LogP contribution in [0, 0.1) is 0 Å². The minimum atomic E-state index is -0.451. The third-order valence-electron chi connectivity index (χ3n) is 3.65. The maximum atomic E-state index is 11.7. The number of aromatic nitrogens is 1. The molecule has 21 heavy (non-hydrogen) atoms. The fraction of sp³-hybridized carbons (Fsp3) is 0.571. The Morgan fingerprint density at radius 1 is 1.43 bits per heavy atom. The number of ether oxygens (including phenoxy) is 1. The third-order valence-corrected chi connectivity index (χ3v) is 3.65. The van der Waals surface area contributed by atoms with E-state index in [1.54, 1.807) is 6.07 Å². The molecule has 0 atom stereocenters. The Balaban J connectivity index is 2.12. The molecule has 0 bridgehead atoms. The van der Waals surface area contributed by atoms with Crippen molar-refractivity contribution >= 4 is 17.5 Å². The smallest absolute Gasteiger partial charge is 0.340 e. The van der Waals surface area contributed by atoms with Crippen LogP contribution in [0.3, 0.4) is 0 Å². The van der Waals surface area contributed by atoms with E-state index in [2.05, 4.69) is 14.8 Å². The number of nitrogens with zero attached hydrogens (tertiary/aromatic N) is 3. The summed E-state index contributed by atoms with van der Waals surface area (Å²) in [5.41, 5.74) is 6.44. The van der Waals surface area contributed by atoms with Crippen LogP contribution in [-0.2, 0) is 4.74 Å². The van der Waals surface area contributed by atoms with Crippen LogP contribution < -0.4 is 10.6 Å². The SMILES string of the molecule is COC(=O)c1cc(N2CCCN(CCO)CC2)ncc1N. The number of hydrogen-bond donors (Lipinski definition) is 2. The molecular weight excluding hydrogens is 272 g/mol. The van der Waals surface area contributed by atoms with Gasteiger partial charge in [0.25, 0.3) is 0 Å². The summed E-state index contributed by atoms with van der Waals surface area (Å²) in [6.07, 6.45) is 2.48. The zero-order valence-electron chi connectivity index (χ0n) is 12.3. The minimum absolute atomic E-state index is 0.173. The maximum Gasteiger partial charge on any atom is 0.340 e. The average Bonchev–Trinajstić information content (AvgIpc) is 2.73. The molecule has 116 valence electrons. The highest BCUT2D eigenvalue weighted by atomic mass is 16.5. The summed E-state index contributed by atoms with van der Waals surface area (Å²) in [7, 11) is 1.33. The van der Waals surface area contributed by atoms with E-state index < -0.39 is 5.97 Å². The first-order valence-electron chi connectivity index (χ1n) is 7.07. The first kappa shape index (κ1) is 15.5. The van der Waals surface area contributed by atoms with Gasteiger partial charge in [-0.05, 0) is 19.0 Å². The summed E-state index contributed by atoms with van der Waals surface area (Å²) in [6, 6.07) is 1.68. The molecule has 0 unspecified atom stereocenters. The topological polar surface area (TPSA) is 91.9 Å². The number of methoxy groups -OCH3 is 1. The summed E-state index contributed by atoms with van der Waals surface area (Å²) in [4.78, 5) is 20.4. The second-order valence-corrected chi connectivity index (χ2v) is 5.03. The summed E-state index contributed by atoms with van der Waals surface area (Å²) in [5, 5.41) is 9.02. The summed E-state index contributed by atoms with van der Waals surface area (Å²) in [5.74, 6) is 0.281. The van der Waals surface area contributed by atoms with E-state index >= 15 is 0 Å². The van der Waals surface area contributed by atoms with Crippen LogP contribution in [-0.4, -0.2) is 67.4 Å². The number of esters is 1. The molecule has 7 heteroatoms. The van der Waals surface area contributed by atoms with Gasteiger partial charge in [0.05, 0.1) is 31.2 Å². The summed E-state index contributed by atoms with van der Waals surface area (Å²) >= 11 is 0. The molecule has 0 saturated carbocycles. The van der Waals surface area contributed by atoms with Crippen LogP contribution in [0.1, 0.15) is 16.8 Å². The van der Waals surface area contributed by atoms with Crippen molar-refractivity contribution in [2.24, 2.45) is 0 Å². The number of nitrogen functional groups attached to an aromatic ring is 1. The monoisotopic (exact) mass is 294 g/mol. The quantitative estimate of drug-likeness (QED) is 0.752. The van der Waals surface area contributed by atoms with Crippen LogP contribution >= 0.6 is 0 Å². The van der Waals surface area contributed by atoms with E-state index in [1.165, 1.54) is 13.3 Å². The molecule has 1 aliphatic rings. The van der Waals surface area contributed by atoms with Gasteiger partial charge in [-0.25, -0.2) is 9.78 Å². The molecule has 1 fully saturated rings. The lowest BCUT2D eigenvalue weighted by atomic mass is 10.2. The van der Waals surface area contributed by atoms with Crippen LogP contribution in [0.4, 0.5) is 11.5 Å². The first-order valence-corrected chi connectivity index (χ1v) is 7.07. The second kappa shape index (κ2) is 7.24. The van der Waals surface area contributed by atoms with Crippen LogP contribution in [0.5, 0.6) is 0 Å². The van der Waals surface area contributed by atoms with E-state index in [1.807, 2.05) is 0 Å². The van der Waals surface area contributed by atoms with Gasteiger partial charge in [0.2, 0.25) is 0 Å². The van der Waals surface area contributed by atoms with E-state index in [-0.39, 0.29) is 6.61 Å². The van der Waals surface area contributed by atoms with Crippen molar-refractivity contribution in [3.8, 4) is 0 Å². The van der Waals surface area contributed by atoms with E-state index in [4.69, 9.17) is 15.6 Å². The van der Waals surface area contributed by atoms with Gasteiger partial charge >= 0.3 is 5.97 Å². The summed E-state index contributed by atoms with van der Waals surface area (Å²) < 4.78 is 4.73. The molecule has 1 aromatic heterocycles. The third kappa shape index (κ3) is 3.83. The number of aliphatic hydroxyl groups excluding tert-OH is 1. The maximum absolute atomic E-state index is 11.7. The van der Waals surface area contributed by atoms with Crippen LogP contribution in [0.2, 0.25) is 0 Å². The van der Waals surface area contributed by atoms with Crippen LogP contribution in [0.15, 0.2) is 12.3 Å². The van der Waals surface area contributed by atoms with Crippen molar-refractivity contribution in [1.29, 1.82) is 0 Å². The zero-order valence-corrected chi connectivity index (χ0v) is 12.3. The predicted molar refractivity (Wildman–Crippen MR) is 80.3 cm³/mol. The van der Waals surface area contributed by atoms with Crippen molar-refractivity contribution in [1.82, 2.24) is 9.88 Å². The zero-order chi connectivity index (χ0) is 15.2. The van der Waals surface area contributed by atoms with E-state index in [9.17, 15) is 4.79 Å². The number of pyridine rings is 1. The predicted octanol–water partition coefficient (Wildman–Crippen LogP) is -0.0452. The minimum Gasteiger partial charge on any atom is -0.465 e. The van der Waals surface area contributed by atoms with Gasteiger partial charge in [-0.15, -0.1) is 0 Å². The fourth-order valence-electron chi connectivity index (χ4n) is 2.48. The van der Waals surface area contributed by atoms with Crippen molar-refractivity contribution in [2.75, 3.05) is 57.1 Å². The molecule has 0 amide bonds. The molecular formula is C14H22N4O3. The molecule has 0 spiro atoms. The van der Waals surface area contributed by atoms with E-state index in [0.29, 0.717) is 17.8 Å². The Bertz CT molecular complexity index is 495. The van der Waals surface area contributed by atoms with Gasteiger partial charge in [-0.1, -0.05) is 0 Å². The molecule has 2 rings (SSSR count). The number of aliphatic hydroxyl groups is 1. The Morgan fingerprint density at radius 2 is 2.24 bits per heavy atom. The van der Waals surface area contributed by atoms with Crippen molar-refractivity contribution in [2.45, 2.75) is 6.42 Å².